The van der Waals surface area contributed by atoms with Crippen LogP contribution in [0.3, 0.4) is 0 Å². The first-order valence-electron chi connectivity index (χ1n) is 6.03. The number of halogens is 1. The number of hydrogen-bond donors (Lipinski definition) is 2. The number of hydrogen-bond acceptors (Lipinski definition) is 3. The zero-order valence-electron chi connectivity index (χ0n) is 10.8. The Kier molecular flexibility index (Phi) is 4.16. The second kappa shape index (κ2) is 5.84. The summed E-state index contributed by atoms with van der Waals surface area (Å²) in [5.74, 6) is 0.541. The van der Waals surface area contributed by atoms with Crippen LogP contribution < -0.4 is 5.32 Å². The number of carbonyl (C=O) groups is 1. The SMILES string of the molecule is CC[C@H](NC(=O)c1cncc(Cl)c1)c1ncc(C)[nH]1. The second-order valence-corrected chi connectivity index (χ2v) is 4.71. The highest BCUT2D eigenvalue weighted by atomic mass is 35.5. The van der Waals surface area contributed by atoms with Gasteiger partial charge in [0.1, 0.15) is 5.82 Å². The molecule has 0 saturated carbocycles. The molecule has 0 aliphatic heterocycles. The normalized spacial score (nSPS) is 12.2. The van der Waals surface area contributed by atoms with Crippen molar-refractivity contribution in [1.29, 1.82) is 0 Å². The van der Waals surface area contributed by atoms with E-state index in [0.29, 0.717) is 10.6 Å². The number of aryl methyl sites for hydroxylation is 1. The molecule has 0 aliphatic carbocycles. The molecule has 0 saturated heterocycles. The van der Waals surface area contributed by atoms with E-state index in [2.05, 4.69) is 20.3 Å². The van der Waals surface area contributed by atoms with Crippen LogP contribution in [0.4, 0.5) is 0 Å². The summed E-state index contributed by atoms with van der Waals surface area (Å²) in [5.41, 5.74) is 1.40. The minimum Gasteiger partial charge on any atom is -0.344 e. The molecular weight excluding hydrogens is 264 g/mol. The Morgan fingerprint density at radius 3 is 2.84 bits per heavy atom. The van der Waals surface area contributed by atoms with Gasteiger partial charge in [-0.3, -0.25) is 9.78 Å². The average molecular weight is 279 g/mol. The summed E-state index contributed by atoms with van der Waals surface area (Å²) in [5, 5.41) is 3.35. The van der Waals surface area contributed by atoms with Gasteiger partial charge in [-0.05, 0) is 19.4 Å². The molecule has 2 aromatic rings. The fourth-order valence-corrected chi connectivity index (χ4v) is 1.93. The number of H-pyrrole nitrogens is 1. The summed E-state index contributed by atoms with van der Waals surface area (Å²) in [4.78, 5) is 23.4. The third-order valence-electron chi connectivity index (χ3n) is 2.73. The molecule has 5 nitrogen and oxygen atoms in total. The van der Waals surface area contributed by atoms with E-state index in [-0.39, 0.29) is 11.9 Å². The first-order valence-corrected chi connectivity index (χ1v) is 6.41. The van der Waals surface area contributed by atoms with Crippen LogP contribution in [0.1, 0.15) is 41.3 Å². The smallest absolute Gasteiger partial charge is 0.253 e. The number of nitrogens with one attached hydrogen (secondary N) is 2. The van der Waals surface area contributed by atoms with Crippen LogP contribution >= 0.6 is 11.6 Å². The molecule has 6 heteroatoms. The van der Waals surface area contributed by atoms with Gasteiger partial charge < -0.3 is 10.3 Å². The lowest BCUT2D eigenvalue weighted by molar-refractivity contribution is 0.0933. The van der Waals surface area contributed by atoms with Gasteiger partial charge in [0.15, 0.2) is 0 Å². The van der Waals surface area contributed by atoms with E-state index in [1.807, 2.05) is 13.8 Å². The molecule has 1 atom stereocenters. The summed E-state index contributed by atoms with van der Waals surface area (Å²) in [6.45, 7) is 3.91. The van der Waals surface area contributed by atoms with E-state index >= 15 is 0 Å². The predicted molar refractivity (Wildman–Crippen MR) is 73.1 cm³/mol. The quantitative estimate of drug-likeness (QED) is 0.903. The first-order chi connectivity index (χ1) is 9.10. The maximum atomic E-state index is 12.1. The molecule has 19 heavy (non-hydrogen) atoms. The van der Waals surface area contributed by atoms with Gasteiger partial charge in [0.2, 0.25) is 0 Å². The van der Waals surface area contributed by atoms with Crippen LogP contribution in [-0.2, 0) is 0 Å². The van der Waals surface area contributed by atoms with Crippen LogP contribution in [-0.4, -0.2) is 20.9 Å². The Hall–Kier alpha value is -1.88. The summed E-state index contributed by atoms with van der Waals surface area (Å²) < 4.78 is 0. The van der Waals surface area contributed by atoms with E-state index in [9.17, 15) is 4.79 Å². The lowest BCUT2D eigenvalue weighted by Crippen LogP contribution is -2.29. The van der Waals surface area contributed by atoms with Crippen molar-refractivity contribution in [2.24, 2.45) is 0 Å². The van der Waals surface area contributed by atoms with E-state index < -0.39 is 0 Å². The van der Waals surface area contributed by atoms with Crippen molar-refractivity contribution in [3.8, 4) is 0 Å². The van der Waals surface area contributed by atoms with Crippen molar-refractivity contribution >= 4 is 17.5 Å². The fraction of sp³-hybridized carbons (Fsp3) is 0.308. The molecule has 0 radical (unpaired) electrons. The number of carbonyl (C=O) groups excluding carboxylic acids is 1. The number of rotatable bonds is 4. The molecule has 2 aromatic heterocycles. The number of aromatic nitrogens is 3. The summed E-state index contributed by atoms with van der Waals surface area (Å²) >= 11 is 5.82. The maximum Gasteiger partial charge on any atom is 0.253 e. The molecular formula is C13H15ClN4O. The standard InChI is InChI=1S/C13H15ClN4O/c1-3-11(12-16-5-8(2)17-12)18-13(19)9-4-10(14)7-15-6-9/h4-7,11H,3H2,1-2H3,(H,16,17)(H,18,19)/t11-/m0/s1. The molecule has 100 valence electrons. The van der Waals surface area contributed by atoms with E-state index in [4.69, 9.17) is 11.6 Å². The predicted octanol–water partition coefficient (Wildman–Crippen LogP) is 2.65. The molecule has 0 fully saturated rings. The topological polar surface area (TPSA) is 70.7 Å². The van der Waals surface area contributed by atoms with Crippen LogP contribution in [0.5, 0.6) is 0 Å². The van der Waals surface area contributed by atoms with Crippen molar-refractivity contribution in [1.82, 2.24) is 20.3 Å². The monoisotopic (exact) mass is 278 g/mol. The molecule has 0 bridgehead atoms. The number of nitrogens with zero attached hydrogens (tertiary/aromatic N) is 2. The number of imidazole rings is 1. The average Bonchev–Trinajstić information content (AvgIpc) is 2.82. The van der Waals surface area contributed by atoms with Crippen molar-refractivity contribution < 1.29 is 4.79 Å². The number of pyridine rings is 1. The Bertz CT molecular complexity index is 582. The van der Waals surface area contributed by atoms with Gasteiger partial charge in [-0.2, -0.15) is 0 Å². The highest BCUT2D eigenvalue weighted by Crippen LogP contribution is 2.15. The van der Waals surface area contributed by atoms with Gasteiger partial charge in [0.25, 0.3) is 5.91 Å². The second-order valence-electron chi connectivity index (χ2n) is 4.28. The Morgan fingerprint density at radius 1 is 1.47 bits per heavy atom. The van der Waals surface area contributed by atoms with Gasteiger partial charge in [-0.1, -0.05) is 18.5 Å². The number of amides is 1. The summed E-state index contributed by atoms with van der Waals surface area (Å²) in [7, 11) is 0. The van der Waals surface area contributed by atoms with E-state index in [1.54, 1.807) is 12.3 Å². The lowest BCUT2D eigenvalue weighted by atomic mass is 10.2. The Labute approximate surface area is 116 Å². The molecule has 0 aliphatic rings. The van der Waals surface area contributed by atoms with E-state index in [0.717, 1.165) is 17.9 Å². The van der Waals surface area contributed by atoms with E-state index in [1.165, 1.54) is 12.4 Å². The van der Waals surface area contributed by atoms with Gasteiger partial charge in [0.05, 0.1) is 16.6 Å². The number of aromatic amines is 1. The third-order valence-corrected chi connectivity index (χ3v) is 2.94. The molecule has 0 aromatic carbocycles. The minimum absolute atomic E-state index is 0.153. The molecule has 2 N–H and O–H groups in total. The Morgan fingerprint density at radius 2 is 2.26 bits per heavy atom. The van der Waals surface area contributed by atoms with Crippen LogP contribution in [0.2, 0.25) is 5.02 Å². The molecule has 1 amide bonds. The van der Waals surface area contributed by atoms with Crippen molar-refractivity contribution in [2.75, 3.05) is 0 Å². The molecule has 2 rings (SSSR count). The van der Waals surface area contributed by atoms with Crippen molar-refractivity contribution in [3.63, 3.8) is 0 Å². The van der Waals surface area contributed by atoms with Gasteiger partial charge in [-0.25, -0.2) is 4.98 Å². The van der Waals surface area contributed by atoms with Crippen LogP contribution in [0.25, 0.3) is 0 Å². The highest BCUT2D eigenvalue weighted by Gasteiger charge is 2.16. The lowest BCUT2D eigenvalue weighted by Gasteiger charge is -2.14. The third kappa shape index (κ3) is 3.32. The maximum absolute atomic E-state index is 12.1. The highest BCUT2D eigenvalue weighted by molar-refractivity contribution is 6.30. The summed E-state index contributed by atoms with van der Waals surface area (Å²) in [6, 6.07) is 1.43. The van der Waals surface area contributed by atoms with Crippen LogP contribution in [0, 0.1) is 6.92 Å². The van der Waals surface area contributed by atoms with Crippen molar-refractivity contribution in [3.05, 3.63) is 46.8 Å². The van der Waals surface area contributed by atoms with Gasteiger partial charge >= 0.3 is 0 Å². The largest absolute Gasteiger partial charge is 0.344 e. The van der Waals surface area contributed by atoms with Crippen molar-refractivity contribution in [2.45, 2.75) is 26.3 Å². The molecule has 2 heterocycles. The Balaban J connectivity index is 2.12. The first kappa shape index (κ1) is 13.5. The zero-order chi connectivity index (χ0) is 13.8. The van der Waals surface area contributed by atoms with Gasteiger partial charge in [-0.15, -0.1) is 0 Å². The zero-order valence-corrected chi connectivity index (χ0v) is 11.5. The molecule has 0 unspecified atom stereocenters. The summed E-state index contributed by atoms with van der Waals surface area (Å²) in [6.07, 6.45) is 5.46. The fourth-order valence-electron chi connectivity index (χ4n) is 1.75. The van der Waals surface area contributed by atoms with Crippen LogP contribution in [0.15, 0.2) is 24.7 Å². The van der Waals surface area contributed by atoms with Gasteiger partial charge in [0, 0.05) is 24.3 Å². The minimum atomic E-state index is -0.212. The molecule has 0 spiro atoms.